The number of rotatable bonds is 2. The Labute approximate surface area is 135 Å². The number of carboxylic acid groups (broad SMARTS) is 1. The molecule has 0 spiro atoms. The van der Waals surface area contributed by atoms with Crippen molar-refractivity contribution in [1.82, 2.24) is 9.88 Å². The lowest BCUT2D eigenvalue weighted by atomic mass is 10.0. The van der Waals surface area contributed by atoms with Crippen LogP contribution in [0, 0.1) is 0 Å². The first-order valence-electron chi connectivity index (χ1n) is 8.26. The fourth-order valence-electron chi connectivity index (χ4n) is 3.76. The number of carbonyl (C=O) groups is 1. The highest BCUT2D eigenvalue weighted by molar-refractivity contribution is 5.99. The number of anilines is 1. The molecular formula is C18H21N3O2. The average Bonchev–Trinajstić information content (AvgIpc) is 3.01. The molecule has 0 saturated carbocycles. The lowest BCUT2D eigenvalue weighted by molar-refractivity contribution is 0.0697. The Morgan fingerprint density at radius 3 is 2.70 bits per heavy atom. The van der Waals surface area contributed by atoms with Crippen LogP contribution in [0.5, 0.6) is 0 Å². The Morgan fingerprint density at radius 1 is 1.17 bits per heavy atom. The van der Waals surface area contributed by atoms with Crippen LogP contribution in [0.3, 0.4) is 0 Å². The van der Waals surface area contributed by atoms with Gasteiger partial charge in [0.25, 0.3) is 0 Å². The molecule has 4 rings (SSSR count). The molecule has 1 aliphatic carbocycles. The van der Waals surface area contributed by atoms with Gasteiger partial charge in [0.2, 0.25) is 0 Å². The van der Waals surface area contributed by atoms with Gasteiger partial charge in [-0.25, -0.2) is 4.79 Å². The van der Waals surface area contributed by atoms with E-state index in [1.807, 2.05) is 6.07 Å². The van der Waals surface area contributed by atoms with Gasteiger partial charge in [0.1, 0.15) is 0 Å². The van der Waals surface area contributed by atoms with Gasteiger partial charge < -0.3 is 14.9 Å². The summed E-state index contributed by atoms with van der Waals surface area (Å²) in [5, 5.41) is 10.3. The number of fused-ring (bicyclic) bond motifs is 2. The molecule has 0 radical (unpaired) electrons. The first-order chi connectivity index (χ1) is 11.1. The van der Waals surface area contributed by atoms with E-state index in [2.05, 4.69) is 16.8 Å². The smallest absolute Gasteiger partial charge is 0.335 e. The van der Waals surface area contributed by atoms with Crippen molar-refractivity contribution >= 4 is 22.6 Å². The number of carboxylic acids is 1. The van der Waals surface area contributed by atoms with Crippen molar-refractivity contribution in [2.24, 2.45) is 0 Å². The highest BCUT2D eigenvalue weighted by atomic mass is 16.4. The second kappa shape index (κ2) is 5.49. The van der Waals surface area contributed by atoms with E-state index in [9.17, 15) is 9.90 Å². The van der Waals surface area contributed by atoms with E-state index in [4.69, 9.17) is 4.98 Å². The zero-order valence-electron chi connectivity index (χ0n) is 13.4. The molecule has 1 aliphatic heterocycles. The topological polar surface area (TPSA) is 56.7 Å². The molecule has 1 saturated heterocycles. The summed E-state index contributed by atoms with van der Waals surface area (Å²) < 4.78 is 0. The van der Waals surface area contributed by atoms with Gasteiger partial charge in [-0.1, -0.05) is 0 Å². The number of benzene rings is 1. The molecule has 2 heterocycles. The molecule has 2 aromatic rings. The van der Waals surface area contributed by atoms with Crippen molar-refractivity contribution in [3.05, 3.63) is 35.0 Å². The van der Waals surface area contributed by atoms with E-state index in [0.717, 1.165) is 56.3 Å². The number of pyridine rings is 1. The van der Waals surface area contributed by atoms with Crippen LogP contribution in [0.1, 0.15) is 28.0 Å². The summed E-state index contributed by atoms with van der Waals surface area (Å²) in [7, 11) is 2.15. The minimum atomic E-state index is -0.878. The number of hydrogen-bond acceptors (Lipinski definition) is 4. The molecule has 0 unspecified atom stereocenters. The average molecular weight is 311 g/mol. The number of nitrogens with zero attached hydrogens (tertiary/aromatic N) is 3. The zero-order chi connectivity index (χ0) is 16.0. The van der Waals surface area contributed by atoms with Gasteiger partial charge in [-0.05, 0) is 50.1 Å². The summed E-state index contributed by atoms with van der Waals surface area (Å²) in [6, 6.07) is 5.32. The molecule has 23 heavy (non-hydrogen) atoms. The van der Waals surface area contributed by atoms with Crippen molar-refractivity contribution in [3.63, 3.8) is 0 Å². The predicted octanol–water partition coefficient (Wildman–Crippen LogP) is 2.17. The Bertz CT molecular complexity index is 779. The van der Waals surface area contributed by atoms with Crippen LogP contribution >= 0.6 is 0 Å². The predicted molar refractivity (Wildman–Crippen MR) is 90.4 cm³/mol. The number of likely N-dealkylation sites (N-methyl/N-ethyl adjacent to an activating group) is 1. The maximum Gasteiger partial charge on any atom is 0.335 e. The maximum atomic E-state index is 11.4. The highest BCUT2D eigenvalue weighted by Gasteiger charge is 2.25. The fraction of sp³-hybridized carbons (Fsp3) is 0.444. The molecule has 1 fully saturated rings. The molecule has 0 atom stereocenters. The second-order valence-corrected chi connectivity index (χ2v) is 6.57. The molecule has 5 heteroatoms. The Morgan fingerprint density at radius 2 is 1.96 bits per heavy atom. The van der Waals surface area contributed by atoms with Gasteiger partial charge in [0, 0.05) is 37.3 Å². The van der Waals surface area contributed by atoms with Gasteiger partial charge >= 0.3 is 5.97 Å². The van der Waals surface area contributed by atoms with Gasteiger partial charge in [0.15, 0.2) is 0 Å². The number of hydrogen-bond donors (Lipinski definition) is 1. The minimum absolute atomic E-state index is 0.340. The molecule has 2 aliphatic rings. The minimum Gasteiger partial charge on any atom is -0.478 e. The summed E-state index contributed by atoms with van der Waals surface area (Å²) in [6.45, 7) is 4.05. The number of aromatic carboxylic acids is 1. The van der Waals surface area contributed by atoms with Gasteiger partial charge in [-0.2, -0.15) is 0 Å². The van der Waals surface area contributed by atoms with Crippen LogP contribution in [0.4, 0.5) is 5.69 Å². The van der Waals surface area contributed by atoms with Crippen LogP contribution in [0.25, 0.3) is 10.9 Å². The zero-order valence-corrected chi connectivity index (χ0v) is 13.4. The van der Waals surface area contributed by atoms with Gasteiger partial charge in [0.05, 0.1) is 16.8 Å². The number of aromatic nitrogens is 1. The third-order valence-electron chi connectivity index (χ3n) is 5.05. The van der Waals surface area contributed by atoms with Crippen molar-refractivity contribution < 1.29 is 9.90 Å². The molecule has 0 bridgehead atoms. The van der Waals surface area contributed by atoms with E-state index in [-0.39, 0.29) is 0 Å². The lowest BCUT2D eigenvalue weighted by Crippen LogP contribution is -2.45. The quantitative estimate of drug-likeness (QED) is 0.921. The van der Waals surface area contributed by atoms with Crippen molar-refractivity contribution in [3.8, 4) is 0 Å². The SMILES string of the molecule is CN1CCN(c2c3c(nc4ccc(C(=O)O)cc24)CCC3)CC1. The lowest BCUT2D eigenvalue weighted by Gasteiger charge is -2.36. The van der Waals surface area contributed by atoms with Crippen LogP contribution in [0.2, 0.25) is 0 Å². The van der Waals surface area contributed by atoms with Gasteiger partial charge in [-0.3, -0.25) is 4.98 Å². The molecule has 1 aromatic heterocycles. The molecule has 1 aromatic carbocycles. The molecule has 120 valence electrons. The summed E-state index contributed by atoms with van der Waals surface area (Å²) in [6.07, 6.45) is 3.23. The van der Waals surface area contributed by atoms with E-state index in [1.165, 1.54) is 16.9 Å². The third kappa shape index (κ3) is 2.45. The number of piperazine rings is 1. The monoisotopic (exact) mass is 311 g/mol. The Kier molecular flexibility index (Phi) is 3.45. The fourth-order valence-corrected chi connectivity index (χ4v) is 3.76. The number of aryl methyl sites for hydroxylation is 1. The molecule has 0 amide bonds. The summed E-state index contributed by atoms with van der Waals surface area (Å²) >= 11 is 0. The molecular weight excluding hydrogens is 290 g/mol. The normalized spacial score (nSPS) is 18.4. The summed E-state index contributed by atoms with van der Waals surface area (Å²) in [5.74, 6) is -0.878. The first kappa shape index (κ1) is 14.5. The largest absolute Gasteiger partial charge is 0.478 e. The van der Waals surface area contributed by atoms with E-state index < -0.39 is 5.97 Å². The summed E-state index contributed by atoms with van der Waals surface area (Å²) in [4.78, 5) is 20.9. The van der Waals surface area contributed by atoms with Crippen molar-refractivity contribution in [1.29, 1.82) is 0 Å². The van der Waals surface area contributed by atoms with Crippen LogP contribution in [0.15, 0.2) is 18.2 Å². The van der Waals surface area contributed by atoms with Crippen molar-refractivity contribution in [2.45, 2.75) is 19.3 Å². The third-order valence-corrected chi connectivity index (χ3v) is 5.05. The van der Waals surface area contributed by atoms with E-state index >= 15 is 0 Å². The Hall–Kier alpha value is -2.14. The van der Waals surface area contributed by atoms with Gasteiger partial charge in [-0.15, -0.1) is 0 Å². The summed E-state index contributed by atoms with van der Waals surface area (Å²) in [5.41, 5.74) is 5.04. The van der Waals surface area contributed by atoms with E-state index in [0.29, 0.717) is 5.56 Å². The maximum absolute atomic E-state index is 11.4. The van der Waals surface area contributed by atoms with Crippen LogP contribution in [-0.2, 0) is 12.8 Å². The van der Waals surface area contributed by atoms with E-state index in [1.54, 1.807) is 12.1 Å². The van der Waals surface area contributed by atoms with Crippen LogP contribution in [-0.4, -0.2) is 54.2 Å². The molecule has 1 N–H and O–H groups in total. The molecule has 5 nitrogen and oxygen atoms in total. The standard InChI is InChI=1S/C18H21N3O2/c1-20-7-9-21(10-8-20)17-13-3-2-4-15(13)19-16-6-5-12(18(22)23)11-14(16)17/h5-6,11H,2-4,7-10H2,1H3,(H,22,23). The van der Waals surface area contributed by atoms with Crippen molar-refractivity contribution in [2.75, 3.05) is 38.1 Å². The highest BCUT2D eigenvalue weighted by Crippen LogP contribution is 2.37. The Balaban J connectivity index is 1.91. The first-order valence-corrected chi connectivity index (χ1v) is 8.26. The van der Waals surface area contributed by atoms with Crippen LogP contribution < -0.4 is 4.90 Å². The second-order valence-electron chi connectivity index (χ2n) is 6.57.